The summed E-state index contributed by atoms with van der Waals surface area (Å²) in [6, 6.07) is 5.56. The third-order valence-electron chi connectivity index (χ3n) is 2.55. The smallest absolute Gasteiger partial charge is 0.134 e. The third kappa shape index (κ3) is 6.07. The standard InChI is InChI=1S/C14H21BrClNO/c1-10(2)6-7-17-9-11(3)18-14-5-4-12(16)8-13(14)15/h4-5,8,10-11,17H,6-7,9H2,1-3H3. The number of rotatable bonds is 7. The summed E-state index contributed by atoms with van der Waals surface area (Å²) in [5.74, 6) is 1.57. The Balaban J connectivity index is 2.33. The molecule has 0 saturated heterocycles. The molecule has 0 spiro atoms. The van der Waals surface area contributed by atoms with Crippen LogP contribution in [0.1, 0.15) is 27.2 Å². The molecule has 0 amide bonds. The molecule has 1 aromatic carbocycles. The predicted molar refractivity (Wildman–Crippen MR) is 81.6 cm³/mol. The van der Waals surface area contributed by atoms with Crippen molar-refractivity contribution in [3.63, 3.8) is 0 Å². The molecule has 1 N–H and O–H groups in total. The fourth-order valence-corrected chi connectivity index (χ4v) is 2.30. The van der Waals surface area contributed by atoms with Gasteiger partial charge in [0.05, 0.1) is 4.47 Å². The molecular weight excluding hydrogens is 314 g/mol. The van der Waals surface area contributed by atoms with Gasteiger partial charge >= 0.3 is 0 Å². The molecule has 0 aromatic heterocycles. The van der Waals surface area contributed by atoms with Crippen LogP contribution in [-0.4, -0.2) is 19.2 Å². The highest BCUT2D eigenvalue weighted by Crippen LogP contribution is 2.28. The van der Waals surface area contributed by atoms with E-state index in [0.29, 0.717) is 5.02 Å². The van der Waals surface area contributed by atoms with E-state index in [4.69, 9.17) is 16.3 Å². The molecule has 1 unspecified atom stereocenters. The van der Waals surface area contributed by atoms with Crippen molar-refractivity contribution < 1.29 is 4.74 Å². The Morgan fingerprint density at radius 3 is 2.67 bits per heavy atom. The van der Waals surface area contributed by atoms with Crippen molar-refractivity contribution in [3.05, 3.63) is 27.7 Å². The molecule has 4 heteroatoms. The molecule has 0 bridgehead atoms. The van der Waals surface area contributed by atoms with Gasteiger partial charge in [-0.15, -0.1) is 0 Å². The summed E-state index contributed by atoms with van der Waals surface area (Å²) in [5, 5.41) is 4.11. The Bertz CT molecular complexity index is 371. The monoisotopic (exact) mass is 333 g/mol. The first-order chi connectivity index (χ1) is 8.49. The van der Waals surface area contributed by atoms with Crippen LogP contribution in [0.3, 0.4) is 0 Å². The fourth-order valence-electron chi connectivity index (χ4n) is 1.53. The van der Waals surface area contributed by atoms with E-state index in [2.05, 4.69) is 42.0 Å². The number of nitrogens with one attached hydrogen (secondary N) is 1. The van der Waals surface area contributed by atoms with Gasteiger partial charge in [-0.3, -0.25) is 0 Å². The van der Waals surface area contributed by atoms with Crippen LogP contribution in [0.25, 0.3) is 0 Å². The van der Waals surface area contributed by atoms with Gasteiger partial charge < -0.3 is 10.1 Å². The summed E-state index contributed by atoms with van der Waals surface area (Å²) in [7, 11) is 0. The maximum atomic E-state index is 5.89. The minimum Gasteiger partial charge on any atom is -0.488 e. The van der Waals surface area contributed by atoms with Gasteiger partial charge in [-0.1, -0.05) is 25.4 Å². The Morgan fingerprint density at radius 2 is 2.06 bits per heavy atom. The highest BCUT2D eigenvalue weighted by molar-refractivity contribution is 9.10. The van der Waals surface area contributed by atoms with Gasteiger partial charge in [-0.05, 0) is 59.9 Å². The van der Waals surface area contributed by atoms with E-state index in [9.17, 15) is 0 Å². The van der Waals surface area contributed by atoms with E-state index >= 15 is 0 Å². The van der Waals surface area contributed by atoms with Gasteiger partial charge in [0.2, 0.25) is 0 Å². The number of benzene rings is 1. The van der Waals surface area contributed by atoms with E-state index in [-0.39, 0.29) is 6.10 Å². The van der Waals surface area contributed by atoms with Crippen molar-refractivity contribution in [2.75, 3.05) is 13.1 Å². The second-order valence-corrected chi connectivity index (χ2v) is 6.18. The zero-order valence-corrected chi connectivity index (χ0v) is 13.5. The molecule has 1 aromatic rings. The van der Waals surface area contributed by atoms with Crippen LogP contribution < -0.4 is 10.1 Å². The third-order valence-corrected chi connectivity index (χ3v) is 3.41. The molecule has 102 valence electrons. The van der Waals surface area contributed by atoms with E-state index in [1.807, 2.05) is 18.2 Å². The topological polar surface area (TPSA) is 21.3 Å². The SMILES string of the molecule is CC(C)CCNCC(C)Oc1ccc(Cl)cc1Br. The molecule has 0 saturated carbocycles. The lowest BCUT2D eigenvalue weighted by Crippen LogP contribution is -2.30. The second-order valence-electron chi connectivity index (χ2n) is 4.89. The molecule has 0 aliphatic rings. The minimum atomic E-state index is 0.134. The van der Waals surface area contributed by atoms with E-state index in [0.717, 1.165) is 29.2 Å². The molecule has 1 atom stereocenters. The van der Waals surface area contributed by atoms with Crippen molar-refractivity contribution in [2.24, 2.45) is 5.92 Å². The quantitative estimate of drug-likeness (QED) is 0.741. The van der Waals surface area contributed by atoms with Crippen LogP contribution in [0, 0.1) is 5.92 Å². The molecular formula is C14H21BrClNO. The molecule has 0 aliphatic heterocycles. The zero-order valence-electron chi connectivity index (χ0n) is 11.2. The fraction of sp³-hybridized carbons (Fsp3) is 0.571. The Kier molecular flexibility index (Phi) is 7.05. The number of ether oxygens (including phenoxy) is 1. The second kappa shape index (κ2) is 8.03. The van der Waals surface area contributed by atoms with Crippen molar-refractivity contribution in [2.45, 2.75) is 33.3 Å². The number of halogens is 2. The largest absolute Gasteiger partial charge is 0.488 e. The van der Waals surface area contributed by atoms with Crippen LogP contribution >= 0.6 is 27.5 Å². The van der Waals surface area contributed by atoms with Crippen LogP contribution in [0.4, 0.5) is 0 Å². The zero-order chi connectivity index (χ0) is 13.5. The molecule has 2 nitrogen and oxygen atoms in total. The highest BCUT2D eigenvalue weighted by Gasteiger charge is 2.07. The van der Waals surface area contributed by atoms with Gasteiger partial charge in [-0.2, -0.15) is 0 Å². The lowest BCUT2D eigenvalue weighted by Gasteiger charge is -2.17. The average molecular weight is 335 g/mol. The molecule has 0 aliphatic carbocycles. The average Bonchev–Trinajstić information content (AvgIpc) is 2.28. The van der Waals surface area contributed by atoms with Gasteiger partial charge in [-0.25, -0.2) is 0 Å². The van der Waals surface area contributed by atoms with Gasteiger partial charge in [0, 0.05) is 11.6 Å². The van der Waals surface area contributed by atoms with E-state index in [1.165, 1.54) is 6.42 Å². The number of hydrogen-bond donors (Lipinski definition) is 1. The molecule has 18 heavy (non-hydrogen) atoms. The van der Waals surface area contributed by atoms with E-state index < -0.39 is 0 Å². The van der Waals surface area contributed by atoms with Crippen molar-refractivity contribution >= 4 is 27.5 Å². The van der Waals surface area contributed by atoms with Crippen molar-refractivity contribution in [1.82, 2.24) is 5.32 Å². The maximum absolute atomic E-state index is 5.89. The lowest BCUT2D eigenvalue weighted by atomic mass is 10.1. The van der Waals surface area contributed by atoms with Crippen LogP contribution in [-0.2, 0) is 0 Å². The van der Waals surface area contributed by atoms with E-state index in [1.54, 1.807) is 0 Å². The van der Waals surface area contributed by atoms with Crippen LogP contribution in [0.15, 0.2) is 22.7 Å². The summed E-state index contributed by atoms with van der Waals surface area (Å²) in [5.41, 5.74) is 0. The van der Waals surface area contributed by atoms with Gasteiger partial charge in [0.15, 0.2) is 0 Å². The van der Waals surface area contributed by atoms with Crippen LogP contribution in [0.2, 0.25) is 5.02 Å². The molecule has 1 rings (SSSR count). The molecule has 0 fully saturated rings. The van der Waals surface area contributed by atoms with Crippen molar-refractivity contribution in [1.29, 1.82) is 0 Å². The normalized spacial score (nSPS) is 12.8. The van der Waals surface area contributed by atoms with Gasteiger partial charge in [0.25, 0.3) is 0 Å². The predicted octanol–water partition coefficient (Wildman–Crippen LogP) is 4.51. The lowest BCUT2D eigenvalue weighted by molar-refractivity contribution is 0.215. The summed E-state index contributed by atoms with van der Waals surface area (Å²) >= 11 is 9.33. The Labute approximate surface area is 123 Å². The summed E-state index contributed by atoms with van der Waals surface area (Å²) in [6.45, 7) is 8.40. The summed E-state index contributed by atoms with van der Waals surface area (Å²) < 4.78 is 6.73. The Hall–Kier alpha value is -0.250. The number of hydrogen-bond acceptors (Lipinski definition) is 2. The van der Waals surface area contributed by atoms with Crippen LogP contribution in [0.5, 0.6) is 5.75 Å². The first-order valence-electron chi connectivity index (χ1n) is 6.31. The summed E-state index contributed by atoms with van der Waals surface area (Å²) in [4.78, 5) is 0. The molecule has 0 heterocycles. The summed E-state index contributed by atoms with van der Waals surface area (Å²) in [6.07, 6.45) is 1.33. The Morgan fingerprint density at radius 1 is 1.33 bits per heavy atom. The maximum Gasteiger partial charge on any atom is 0.134 e. The van der Waals surface area contributed by atoms with Gasteiger partial charge in [0.1, 0.15) is 11.9 Å². The minimum absolute atomic E-state index is 0.134. The highest BCUT2D eigenvalue weighted by atomic mass is 79.9. The molecule has 0 radical (unpaired) electrons. The van der Waals surface area contributed by atoms with Crippen molar-refractivity contribution in [3.8, 4) is 5.75 Å². The first-order valence-corrected chi connectivity index (χ1v) is 7.48. The first kappa shape index (κ1) is 15.8.